The fourth-order valence-electron chi connectivity index (χ4n) is 1.70. The van der Waals surface area contributed by atoms with Crippen molar-refractivity contribution < 1.29 is 13.6 Å². The molecule has 0 aliphatic carbocycles. The largest absolute Gasteiger partial charge is 0.469 e. The van der Waals surface area contributed by atoms with E-state index >= 15 is 0 Å². The van der Waals surface area contributed by atoms with Crippen LogP contribution in [0.4, 0.5) is 4.39 Å². The van der Waals surface area contributed by atoms with Gasteiger partial charge in [-0.05, 0) is 23.8 Å². The van der Waals surface area contributed by atoms with E-state index in [0.29, 0.717) is 18.4 Å². The average molecular weight is 267 g/mol. The van der Waals surface area contributed by atoms with Crippen molar-refractivity contribution in [2.24, 2.45) is 0 Å². The summed E-state index contributed by atoms with van der Waals surface area (Å²) < 4.78 is 18.3. The summed E-state index contributed by atoms with van der Waals surface area (Å²) in [4.78, 5) is 11.7. The second-order valence-corrected chi connectivity index (χ2v) is 4.39. The molecule has 94 valence electrons. The molecule has 0 N–H and O–H groups in total. The van der Waals surface area contributed by atoms with Crippen molar-refractivity contribution in [3.63, 3.8) is 0 Å². The van der Waals surface area contributed by atoms with E-state index in [0.717, 1.165) is 5.76 Å². The zero-order valence-corrected chi connectivity index (χ0v) is 10.4. The van der Waals surface area contributed by atoms with Crippen LogP contribution in [0.3, 0.4) is 0 Å². The number of halogens is 2. The van der Waals surface area contributed by atoms with Gasteiger partial charge in [-0.2, -0.15) is 0 Å². The van der Waals surface area contributed by atoms with Gasteiger partial charge in [0.25, 0.3) is 0 Å². The molecule has 0 aliphatic rings. The summed E-state index contributed by atoms with van der Waals surface area (Å²) in [5.41, 5.74) is 0.529. The van der Waals surface area contributed by atoms with Gasteiger partial charge in [-0.1, -0.05) is 23.7 Å². The van der Waals surface area contributed by atoms with Crippen LogP contribution in [0.5, 0.6) is 0 Å². The molecule has 0 bridgehead atoms. The van der Waals surface area contributed by atoms with Gasteiger partial charge in [-0.3, -0.25) is 4.79 Å². The number of hydrogen-bond acceptors (Lipinski definition) is 2. The molecule has 1 aromatic heterocycles. The fraction of sp³-hybridized carbons (Fsp3) is 0.214. The molecule has 0 saturated heterocycles. The van der Waals surface area contributed by atoms with E-state index in [4.69, 9.17) is 16.0 Å². The topological polar surface area (TPSA) is 30.2 Å². The molecule has 4 heteroatoms. The third-order valence-electron chi connectivity index (χ3n) is 2.65. The van der Waals surface area contributed by atoms with Crippen molar-refractivity contribution in [1.82, 2.24) is 0 Å². The summed E-state index contributed by atoms with van der Waals surface area (Å²) >= 11 is 5.79. The molecule has 2 nitrogen and oxygen atoms in total. The number of benzene rings is 1. The maximum absolute atomic E-state index is 13.2. The van der Waals surface area contributed by atoms with E-state index in [1.165, 1.54) is 6.07 Å². The zero-order chi connectivity index (χ0) is 13.0. The molecule has 0 spiro atoms. The molecule has 0 saturated carbocycles. The van der Waals surface area contributed by atoms with Crippen molar-refractivity contribution in [1.29, 1.82) is 0 Å². The number of aryl methyl sites for hydroxylation is 1. The third kappa shape index (κ3) is 3.20. The molecular formula is C14H12ClFO2. The number of Topliss-reactive ketones (excluding diaryl/α,β-unsaturated/α-hetero) is 1. The van der Waals surface area contributed by atoms with Crippen LogP contribution in [-0.2, 0) is 17.6 Å². The predicted molar refractivity (Wildman–Crippen MR) is 67.2 cm³/mol. The van der Waals surface area contributed by atoms with Gasteiger partial charge in [0.1, 0.15) is 17.4 Å². The molecule has 0 atom stereocenters. The van der Waals surface area contributed by atoms with E-state index in [-0.39, 0.29) is 17.2 Å². The quantitative estimate of drug-likeness (QED) is 0.824. The van der Waals surface area contributed by atoms with Crippen LogP contribution in [-0.4, -0.2) is 5.78 Å². The summed E-state index contributed by atoms with van der Waals surface area (Å²) in [5.74, 6) is 0.292. The molecule has 2 aromatic rings. The highest BCUT2D eigenvalue weighted by Crippen LogP contribution is 2.20. The molecular weight excluding hydrogens is 255 g/mol. The summed E-state index contributed by atoms with van der Waals surface area (Å²) in [6.45, 7) is 0. The normalized spacial score (nSPS) is 10.6. The summed E-state index contributed by atoms with van der Waals surface area (Å²) in [5, 5.41) is 0.0313. The van der Waals surface area contributed by atoms with Crippen LogP contribution in [0.15, 0.2) is 41.0 Å². The Hall–Kier alpha value is -1.61. The summed E-state index contributed by atoms with van der Waals surface area (Å²) in [6.07, 6.45) is 2.64. The van der Waals surface area contributed by atoms with Crippen molar-refractivity contribution in [2.75, 3.05) is 0 Å². The first-order chi connectivity index (χ1) is 8.66. The van der Waals surface area contributed by atoms with Crippen molar-refractivity contribution in [3.8, 4) is 0 Å². The van der Waals surface area contributed by atoms with E-state index in [1.807, 2.05) is 6.07 Å². The molecule has 2 rings (SSSR count). The lowest BCUT2D eigenvalue weighted by molar-refractivity contribution is -0.118. The first-order valence-corrected chi connectivity index (χ1v) is 6.01. The number of hydrogen-bond donors (Lipinski definition) is 0. The Morgan fingerprint density at radius 3 is 2.83 bits per heavy atom. The molecule has 1 aromatic carbocycles. The Balaban J connectivity index is 1.93. The first-order valence-electron chi connectivity index (χ1n) is 5.64. The highest BCUT2D eigenvalue weighted by molar-refractivity contribution is 6.31. The maximum atomic E-state index is 13.2. The van der Waals surface area contributed by atoms with Crippen LogP contribution >= 0.6 is 11.6 Å². The Morgan fingerprint density at radius 2 is 2.11 bits per heavy atom. The van der Waals surface area contributed by atoms with E-state index in [1.54, 1.807) is 24.5 Å². The Kier molecular flexibility index (Phi) is 4.15. The highest BCUT2D eigenvalue weighted by atomic mass is 35.5. The van der Waals surface area contributed by atoms with Gasteiger partial charge in [0.15, 0.2) is 0 Å². The minimum Gasteiger partial charge on any atom is -0.469 e. The van der Waals surface area contributed by atoms with Crippen molar-refractivity contribution in [2.45, 2.75) is 19.3 Å². The second kappa shape index (κ2) is 5.83. The molecule has 0 aliphatic heterocycles. The lowest BCUT2D eigenvalue weighted by Gasteiger charge is -2.04. The first kappa shape index (κ1) is 12.8. The molecule has 1 heterocycles. The highest BCUT2D eigenvalue weighted by Gasteiger charge is 2.10. The predicted octanol–water partition coefficient (Wildman–Crippen LogP) is 3.82. The zero-order valence-electron chi connectivity index (χ0n) is 9.66. The number of carbonyl (C=O) groups is 1. The number of furan rings is 1. The SMILES string of the molecule is O=C(CCc1ccco1)Cc1cccc(F)c1Cl. The standard InChI is InChI=1S/C14H12ClFO2/c15-14-10(3-1-5-13(14)16)9-11(17)6-7-12-4-2-8-18-12/h1-5,8H,6-7,9H2. The van der Waals surface area contributed by atoms with Gasteiger partial charge in [0, 0.05) is 19.3 Å². The van der Waals surface area contributed by atoms with E-state index < -0.39 is 5.82 Å². The van der Waals surface area contributed by atoms with E-state index in [9.17, 15) is 9.18 Å². The maximum Gasteiger partial charge on any atom is 0.142 e. The van der Waals surface area contributed by atoms with Crippen LogP contribution < -0.4 is 0 Å². The fourth-order valence-corrected chi connectivity index (χ4v) is 1.90. The molecule has 0 radical (unpaired) electrons. The Bertz CT molecular complexity index is 535. The summed E-state index contributed by atoms with van der Waals surface area (Å²) in [6, 6.07) is 8.09. The minimum absolute atomic E-state index is 0.0129. The van der Waals surface area contributed by atoms with Crippen LogP contribution in [0.2, 0.25) is 5.02 Å². The van der Waals surface area contributed by atoms with Crippen molar-refractivity contribution in [3.05, 3.63) is 58.8 Å². The van der Waals surface area contributed by atoms with Gasteiger partial charge in [-0.25, -0.2) is 4.39 Å². The number of carbonyl (C=O) groups excluding carboxylic acids is 1. The number of ketones is 1. The van der Waals surface area contributed by atoms with Crippen LogP contribution in [0.1, 0.15) is 17.7 Å². The van der Waals surface area contributed by atoms with Gasteiger partial charge in [-0.15, -0.1) is 0 Å². The van der Waals surface area contributed by atoms with Crippen molar-refractivity contribution >= 4 is 17.4 Å². The number of rotatable bonds is 5. The third-order valence-corrected chi connectivity index (χ3v) is 3.07. The van der Waals surface area contributed by atoms with Gasteiger partial charge in [0.2, 0.25) is 0 Å². The molecule has 0 unspecified atom stereocenters. The van der Waals surface area contributed by atoms with E-state index in [2.05, 4.69) is 0 Å². The monoisotopic (exact) mass is 266 g/mol. The lowest BCUT2D eigenvalue weighted by atomic mass is 10.0. The van der Waals surface area contributed by atoms with Crippen LogP contribution in [0.25, 0.3) is 0 Å². The van der Waals surface area contributed by atoms with Gasteiger partial charge in [0.05, 0.1) is 11.3 Å². The average Bonchev–Trinajstić information content (AvgIpc) is 2.86. The lowest BCUT2D eigenvalue weighted by Crippen LogP contribution is -2.05. The van der Waals surface area contributed by atoms with Gasteiger partial charge >= 0.3 is 0 Å². The Labute approximate surface area is 109 Å². The minimum atomic E-state index is -0.493. The van der Waals surface area contributed by atoms with Gasteiger partial charge < -0.3 is 4.42 Å². The molecule has 18 heavy (non-hydrogen) atoms. The molecule has 0 fully saturated rings. The Morgan fingerprint density at radius 1 is 1.28 bits per heavy atom. The van der Waals surface area contributed by atoms with Crippen LogP contribution in [0, 0.1) is 5.82 Å². The summed E-state index contributed by atoms with van der Waals surface area (Å²) in [7, 11) is 0. The second-order valence-electron chi connectivity index (χ2n) is 4.01. The smallest absolute Gasteiger partial charge is 0.142 e. The molecule has 0 amide bonds.